The number of nitrogens with zero attached hydrogens (tertiary/aromatic N) is 3. The highest BCUT2D eigenvalue weighted by Crippen LogP contribution is 2.29. The zero-order valence-corrected chi connectivity index (χ0v) is 13.4. The van der Waals surface area contributed by atoms with E-state index in [-0.39, 0.29) is 10.8 Å². The van der Waals surface area contributed by atoms with Crippen LogP contribution in [0.15, 0.2) is 35.5 Å². The Kier molecular flexibility index (Phi) is 3.64. The average molecular weight is 332 g/mol. The Labute approximate surface area is 133 Å². The Morgan fingerprint density at radius 1 is 1.22 bits per heavy atom. The fourth-order valence-electron chi connectivity index (χ4n) is 2.14. The Morgan fingerprint density at radius 3 is 2.70 bits per heavy atom. The van der Waals surface area contributed by atoms with Gasteiger partial charge < -0.3 is 16.0 Å². The summed E-state index contributed by atoms with van der Waals surface area (Å²) in [5.74, 6) is 0.424. The second kappa shape index (κ2) is 5.51. The number of aromatic amines is 1. The summed E-state index contributed by atoms with van der Waals surface area (Å²) in [5.41, 5.74) is 7.06. The highest BCUT2D eigenvalue weighted by Gasteiger charge is 2.23. The zero-order valence-electron chi connectivity index (χ0n) is 12.6. The largest absolute Gasteiger partial charge is 0.368 e. The van der Waals surface area contributed by atoms with Crippen molar-refractivity contribution in [1.29, 1.82) is 0 Å². The van der Waals surface area contributed by atoms with Gasteiger partial charge >= 0.3 is 0 Å². The molecule has 4 N–H and O–H groups in total. The van der Waals surface area contributed by atoms with Crippen molar-refractivity contribution in [1.82, 2.24) is 19.9 Å². The molecule has 0 spiro atoms. The lowest BCUT2D eigenvalue weighted by atomic mass is 10.3. The molecule has 0 radical (unpaired) electrons. The number of nitrogens with one attached hydrogen (secondary N) is 2. The van der Waals surface area contributed by atoms with Crippen molar-refractivity contribution < 1.29 is 8.42 Å². The maximum atomic E-state index is 12.5. The molecule has 0 bridgehead atoms. The molecule has 0 saturated heterocycles. The summed E-state index contributed by atoms with van der Waals surface area (Å²) in [5, 5.41) is 2.49. The van der Waals surface area contributed by atoms with Gasteiger partial charge in [-0.1, -0.05) is 12.1 Å². The van der Waals surface area contributed by atoms with Gasteiger partial charge in [-0.2, -0.15) is 9.97 Å². The number of sulfone groups is 1. The van der Waals surface area contributed by atoms with Gasteiger partial charge in [-0.15, -0.1) is 0 Å². The van der Waals surface area contributed by atoms with E-state index in [2.05, 4.69) is 25.3 Å². The van der Waals surface area contributed by atoms with Crippen LogP contribution >= 0.6 is 0 Å². The van der Waals surface area contributed by atoms with Crippen molar-refractivity contribution in [2.24, 2.45) is 0 Å². The van der Waals surface area contributed by atoms with Gasteiger partial charge in [0.2, 0.25) is 5.95 Å². The number of rotatable bonds is 4. The van der Waals surface area contributed by atoms with E-state index in [4.69, 9.17) is 5.73 Å². The van der Waals surface area contributed by atoms with E-state index in [0.29, 0.717) is 22.7 Å². The molecular weight excluding hydrogens is 316 g/mol. The number of anilines is 3. The molecule has 2 aromatic heterocycles. The normalized spacial score (nSPS) is 12.0. The first-order chi connectivity index (χ1) is 10.9. The van der Waals surface area contributed by atoms with Crippen LogP contribution in [0.3, 0.4) is 0 Å². The van der Waals surface area contributed by atoms with Gasteiger partial charge in [0.25, 0.3) is 0 Å². The lowest BCUT2D eigenvalue weighted by molar-refractivity contribution is 0.588. The summed E-state index contributed by atoms with van der Waals surface area (Å²) in [6, 6.07) is 6.67. The first-order valence-electron chi connectivity index (χ1n) is 6.96. The molecule has 1 aromatic carbocycles. The van der Waals surface area contributed by atoms with Crippen LogP contribution in [0.25, 0.3) is 11.2 Å². The second-order valence-corrected chi connectivity index (χ2v) is 7.72. The van der Waals surface area contributed by atoms with Gasteiger partial charge in [-0.05, 0) is 26.0 Å². The lowest BCUT2D eigenvalue weighted by Gasteiger charge is -2.14. The minimum Gasteiger partial charge on any atom is -0.368 e. The molecule has 0 unspecified atom stereocenters. The van der Waals surface area contributed by atoms with Crippen molar-refractivity contribution in [3.8, 4) is 0 Å². The van der Waals surface area contributed by atoms with E-state index < -0.39 is 15.1 Å². The van der Waals surface area contributed by atoms with E-state index in [9.17, 15) is 8.42 Å². The van der Waals surface area contributed by atoms with Gasteiger partial charge in [-0.3, -0.25) is 0 Å². The number of hydrogen-bond acceptors (Lipinski definition) is 7. The fraction of sp³-hybridized carbons (Fsp3) is 0.214. The van der Waals surface area contributed by atoms with Crippen molar-refractivity contribution in [2.75, 3.05) is 11.1 Å². The van der Waals surface area contributed by atoms with E-state index in [1.165, 1.54) is 6.33 Å². The molecule has 3 rings (SSSR count). The standard InChI is InChI=1S/C14H16N6O2S/c1-8(2)23(21,22)10-6-4-3-5-9(10)18-13-11-12(17-7-16-11)19-14(15)20-13/h3-8H,1-2H3,(H4,15,16,17,18,19,20). The molecule has 0 aliphatic heterocycles. The fourth-order valence-corrected chi connectivity index (χ4v) is 3.34. The Bertz CT molecular complexity index is 964. The molecular formula is C14H16N6O2S. The number of hydrogen-bond donors (Lipinski definition) is 3. The van der Waals surface area contributed by atoms with Crippen molar-refractivity contribution in [3.05, 3.63) is 30.6 Å². The second-order valence-electron chi connectivity index (χ2n) is 5.25. The zero-order chi connectivity index (χ0) is 16.6. The van der Waals surface area contributed by atoms with Gasteiger partial charge in [0.1, 0.15) is 5.52 Å². The van der Waals surface area contributed by atoms with Crippen LogP contribution in [0.2, 0.25) is 0 Å². The molecule has 8 nitrogen and oxygen atoms in total. The van der Waals surface area contributed by atoms with Crippen LogP contribution in [0.4, 0.5) is 17.5 Å². The number of fused-ring (bicyclic) bond motifs is 1. The van der Waals surface area contributed by atoms with Crippen LogP contribution in [0.1, 0.15) is 13.8 Å². The Hall–Kier alpha value is -2.68. The molecule has 2 heterocycles. The van der Waals surface area contributed by atoms with Crippen LogP contribution in [-0.2, 0) is 9.84 Å². The third kappa shape index (κ3) is 2.70. The molecule has 120 valence electrons. The summed E-state index contributed by atoms with van der Waals surface area (Å²) in [6.45, 7) is 3.28. The molecule has 0 atom stereocenters. The minimum absolute atomic E-state index is 0.0521. The first-order valence-corrected chi connectivity index (χ1v) is 8.51. The van der Waals surface area contributed by atoms with Gasteiger partial charge in [0.15, 0.2) is 21.3 Å². The van der Waals surface area contributed by atoms with E-state index in [1.807, 2.05) is 0 Å². The summed E-state index contributed by atoms with van der Waals surface area (Å²) < 4.78 is 25.0. The number of para-hydroxylation sites is 1. The quantitative estimate of drug-likeness (QED) is 0.665. The Morgan fingerprint density at radius 2 is 1.96 bits per heavy atom. The number of nitrogens with two attached hydrogens (primary N) is 1. The van der Waals surface area contributed by atoms with Gasteiger partial charge in [0.05, 0.1) is 22.2 Å². The maximum absolute atomic E-state index is 12.5. The highest BCUT2D eigenvalue weighted by molar-refractivity contribution is 7.92. The third-order valence-electron chi connectivity index (χ3n) is 3.37. The minimum atomic E-state index is -3.44. The smallest absolute Gasteiger partial charge is 0.224 e. The van der Waals surface area contributed by atoms with Crippen molar-refractivity contribution >= 4 is 38.5 Å². The predicted octanol–water partition coefficient (Wildman–Crippen LogP) is 1.86. The first kappa shape index (κ1) is 15.2. The monoisotopic (exact) mass is 332 g/mol. The summed E-state index contributed by atoms with van der Waals surface area (Å²) in [4.78, 5) is 15.3. The van der Waals surface area contributed by atoms with Crippen LogP contribution in [-0.4, -0.2) is 33.6 Å². The summed E-state index contributed by atoms with van der Waals surface area (Å²) in [6.07, 6.45) is 1.47. The van der Waals surface area contributed by atoms with E-state index in [1.54, 1.807) is 38.1 Å². The average Bonchev–Trinajstić information content (AvgIpc) is 2.95. The van der Waals surface area contributed by atoms with Crippen LogP contribution < -0.4 is 11.1 Å². The lowest BCUT2D eigenvalue weighted by Crippen LogP contribution is -2.15. The van der Waals surface area contributed by atoms with E-state index in [0.717, 1.165) is 0 Å². The molecule has 23 heavy (non-hydrogen) atoms. The number of benzene rings is 1. The molecule has 3 aromatic rings. The maximum Gasteiger partial charge on any atom is 0.224 e. The molecule has 0 aliphatic carbocycles. The van der Waals surface area contributed by atoms with Crippen LogP contribution in [0.5, 0.6) is 0 Å². The third-order valence-corrected chi connectivity index (χ3v) is 5.58. The molecule has 9 heteroatoms. The molecule has 0 amide bonds. The topological polar surface area (TPSA) is 127 Å². The molecule has 0 aliphatic rings. The predicted molar refractivity (Wildman–Crippen MR) is 88.1 cm³/mol. The molecule has 0 saturated carbocycles. The summed E-state index contributed by atoms with van der Waals surface area (Å²) >= 11 is 0. The van der Waals surface area contributed by atoms with Gasteiger partial charge in [-0.25, -0.2) is 13.4 Å². The number of imidazole rings is 1. The van der Waals surface area contributed by atoms with Crippen molar-refractivity contribution in [3.63, 3.8) is 0 Å². The van der Waals surface area contributed by atoms with E-state index >= 15 is 0 Å². The SMILES string of the molecule is CC(C)S(=O)(=O)c1ccccc1Nc1nc(N)nc2nc[nH]c12. The number of aromatic nitrogens is 4. The number of H-pyrrole nitrogens is 1. The highest BCUT2D eigenvalue weighted by atomic mass is 32.2. The van der Waals surface area contributed by atoms with Crippen LogP contribution in [0, 0.1) is 0 Å². The number of nitrogen functional groups attached to an aromatic ring is 1. The van der Waals surface area contributed by atoms with Gasteiger partial charge in [0, 0.05) is 0 Å². The summed E-state index contributed by atoms with van der Waals surface area (Å²) in [7, 11) is -3.44. The van der Waals surface area contributed by atoms with Crippen molar-refractivity contribution in [2.45, 2.75) is 24.0 Å². The molecule has 0 fully saturated rings. The Balaban J connectivity index is 2.12.